The average molecular weight is 423 g/mol. The van der Waals surface area contributed by atoms with Gasteiger partial charge in [0.1, 0.15) is 5.82 Å². The number of benzene rings is 2. The summed E-state index contributed by atoms with van der Waals surface area (Å²) in [5.41, 5.74) is 5.41. The summed E-state index contributed by atoms with van der Waals surface area (Å²) in [4.78, 5) is 27.8. The van der Waals surface area contributed by atoms with Gasteiger partial charge in [0.25, 0.3) is 0 Å². The van der Waals surface area contributed by atoms with E-state index in [2.05, 4.69) is 6.07 Å². The van der Waals surface area contributed by atoms with Gasteiger partial charge in [-0.05, 0) is 68.7 Å². The maximum Gasteiger partial charge on any atom is 0.336 e. The smallest absolute Gasteiger partial charge is 0.336 e. The second kappa shape index (κ2) is 8.76. The Kier molecular flexibility index (Phi) is 6.29. The Morgan fingerprint density at radius 3 is 1.68 bits per heavy atom. The van der Waals surface area contributed by atoms with E-state index in [4.69, 9.17) is 9.47 Å². The third-order valence-electron chi connectivity index (χ3n) is 5.51. The summed E-state index contributed by atoms with van der Waals surface area (Å²) < 4.78 is 23.8. The molecule has 0 radical (unpaired) electrons. The summed E-state index contributed by atoms with van der Waals surface area (Å²) in [6.07, 6.45) is 0. The fraction of sp³-hybridized carbons (Fsp3) is 0.280. The van der Waals surface area contributed by atoms with Crippen molar-refractivity contribution in [3.05, 3.63) is 87.5 Å². The molecule has 1 aliphatic heterocycles. The molecule has 0 spiro atoms. The molecule has 0 saturated heterocycles. The van der Waals surface area contributed by atoms with E-state index in [0.29, 0.717) is 28.1 Å². The van der Waals surface area contributed by atoms with Gasteiger partial charge in [-0.15, -0.1) is 0 Å². The van der Waals surface area contributed by atoms with Gasteiger partial charge in [0.2, 0.25) is 0 Å². The molecule has 0 aromatic heterocycles. The molecule has 0 aliphatic carbocycles. The molecule has 3 rings (SSSR count). The molecule has 2 aromatic carbocycles. The topological polar surface area (TPSA) is 55.8 Å². The van der Waals surface area contributed by atoms with E-state index in [0.717, 1.165) is 16.8 Å². The van der Waals surface area contributed by atoms with Gasteiger partial charge in [0.05, 0.1) is 31.3 Å². The molecular weight excluding hydrogens is 397 g/mol. The monoisotopic (exact) mass is 423 g/mol. The molecule has 0 unspecified atom stereocenters. The predicted octanol–water partition coefficient (Wildman–Crippen LogP) is 4.94. The van der Waals surface area contributed by atoms with E-state index < -0.39 is 23.7 Å². The molecule has 0 saturated carbocycles. The van der Waals surface area contributed by atoms with Gasteiger partial charge < -0.3 is 14.4 Å². The van der Waals surface area contributed by atoms with Crippen LogP contribution < -0.4 is 4.90 Å². The van der Waals surface area contributed by atoms with Gasteiger partial charge in [-0.25, -0.2) is 14.0 Å². The zero-order valence-corrected chi connectivity index (χ0v) is 18.6. The number of methoxy groups -OCH3 is 2. The fourth-order valence-electron chi connectivity index (χ4n) is 4.26. The Morgan fingerprint density at radius 2 is 1.26 bits per heavy atom. The van der Waals surface area contributed by atoms with E-state index in [9.17, 15) is 14.0 Å². The first-order chi connectivity index (χ1) is 14.7. The number of nitrogens with zero attached hydrogens (tertiary/aromatic N) is 1. The Hall–Kier alpha value is -3.41. The minimum Gasteiger partial charge on any atom is -0.466 e. The molecule has 6 heteroatoms. The van der Waals surface area contributed by atoms with Crippen molar-refractivity contribution in [2.24, 2.45) is 0 Å². The Bertz CT molecular complexity index is 1040. The second-order valence-electron chi connectivity index (χ2n) is 7.65. The number of aryl methyl sites for hydroxylation is 2. The van der Waals surface area contributed by atoms with Crippen LogP contribution in [0.15, 0.2) is 65.0 Å². The first kappa shape index (κ1) is 22.3. The lowest BCUT2D eigenvalue weighted by Crippen LogP contribution is -2.35. The highest BCUT2D eigenvalue weighted by Crippen LogP contribution is 2.44. The van der Waals surface area contributed by atoms with Gasteiger partial charge in [0, 0.05) is 17.1 Å². The van der Waals surface area contributed by atoms with Crippen molar-refractivity contribution < 1.29 is 23.5 Å². The summed E-state index contributed by atoms with van der Waals surface area (Å²) in [5, 5.41) is 0. The van der Waals surface area contributed by atoms with Crippen molar-refractivity contribution in [3.8, 4) is 0 Å². The summed E-state index contributed by atoms with van der Waals surface area (Å²) in [5.74, 6) is -2.27. The summed E-state index contributed by atoms with van der Waals surface area (Å²) in [6, 6.07) is 11.8. The first-order valence-corrected chi connectivity index (χ1v) is 9.91. The van der Waals surface area contributed by atoms with Crippen molar-refractivity contribution in [2.45, 2.75) is 33.6 Å². The van der Waals surface area contributed by atoms with Crippen LogP contribution in [-0.2, 0) is 19.1 Å². The van der Waals surface area contributed by atoms with E-state index in [1.165, 1.54) is 26.4 Å². The lowest BCUT2D eigenvalue weighted by molar-refractivity contribution is -0.137. The zero-order valence-electron chi connectivity index (χ0n) is 18.6. The minimum absolute atomic E-state index is 0.305. The summed E-state index contributed by atoms with van der Waals surface area (Å²) in [6.45, 7) is 7.61. The number of carbonyl (C=O) groups is 2. The van der Waals surface area contributed by atoms with E-state index in [1.807, 2.05) is 44.7 Å². The third-order valence-corrected chi connectivity index (χ3v) is 5.51. The lowest BCUT2D eigenvalue weighted by atomic mass is 9.79. The number of carbonyl (C=O) groups excluding carboxylic acids is 2. The number of allylic oxidation sites excluding steroid dienone is 2. The van der Waals surface area contributed by atoms with Gasteiger partial charge in [-0.3, -0.25) is 0 Å². The summed E-state index contributed by atoms with van der Waals surface area (Å²) in [7, 11) is 2.60. The van der Waals surface area contributed by atoms with E-state index >= 15 is 0 Å². The van der Waals surface area contributed by atoms with E-state index in [-0.39, 0.29) is 0 Å². The quantitative estimate of drug-likeness (QED) is 0.652. The van der Waals surface area contributed by atoms with Crippen LogP contribution in [0, 0.1) is 19.7 Å². The zero-order chi connectivity index (χ0) is 22.9. The highest BCUT2D eigenvalue weighted by Gasteiger charge is 2.40. The van der Waals surface area contributed by atoms with Crippen LogP contribution in [0.25, 0.3) is 0 Å². The minimum atomic E-state index is -0.748. The van der Waals surface area contributed by atoms with Crippen LogP contribution in [0.1, 0.15) is 36.5 Å². The van der Waals surface area contributed by atoms with Crippen LogP contribution in [0.2, 0.25) is 0 Å². The van der Waals surface area contributed by atoms with Crippen LogP contribution in [-0.4, -0.2) is 26.2 Å². The molecule has 0 fully saturated rings. The third kappa shape index (κ3) is 4.10. The molecule has 5 nitrogen and oxygen atoms in total. The second-order valence-corrected chi connectivity index (χ2v) is 7.65. The van der Waals surface area contributed by atoms with Crippen molar-refractivity contribution in [1.82, 2.24) is 0 Å². The van der Waals surface area contributed by atoms with Gasteiger partial charge in [0.15, 0.2) is 0 Å². The van der Waals surface area contributed by atoms with Crippen LogP contribution in [0.5, 0.6) is 0 Å². The van der Waals surface area contributed by atoms with Crippen LogP contribution in [0.4, 0.5) is 10.1 Å². The molecule has 0 N–H and O–H groups in total. The van der Waals surface area contributed by atoms with Crippen LogP contribution in [0.3, 0.4) is 0 Å². The van der Waals surface area contributed by atoms with E-state index in [1.54, 1.807) is 12.1 Å². The Balaban J connectivity index is 2.35. The highest BCUT2D eigenvalue weighted by molar-refractivity contribution is 6.01. The molecule has 0 bridgehead atoms. The predicted molar refractivity (Wildman–Crippen MR) is 117 cm³/mol. The van der Waals surface area contributed by atoms with Crippen LogP contribution >= 0.6 is 0 Å². The van der Waals surface area contributed by atoms with Gasteiger partial charge in [-0.2, -0.15) is 0 Å². The van der Waals surface area contributed by atoms with Crippen molar-refractivity contribution in [1.29, 1.82) is 0 Å². The first-order valence-electron chi connectivity index (χ1n) is 9.91. The molecule has 2 aromatic rings. The molecule has 0 amide bonds. The Labute approximate surface area is 181 Å². The molecule has 162 valence electrons. The largest absolute Gasteiger partial charge is 0.466 e. The maximum absolute atomic E-state index is 13.6. The van der Waals surface area contributed by atoms with Gasteiger partial charge >= 0.3 is 11.9 Å². The Morgan fingerprint density at radius 1 is 0.806 bits per heavy atom. The molecule has 1 heterocycles. The molecular formula is C25H26FNO4. The highest BCUT2D eigenvalue weighted by atomic mass is 19.1. The van der Waals surface area contributed by atoms with Gasteiger partial charge in [-0.1, -0.05) is 18.2 Å². The number of hydrogen-bond acceptors (Lipinski definition) is 5. The lowest BCUT2D eigenvalue weighted by Gasteiger charge is -2.38. The normalized spacial score (nSPS) is 14.7. The number of esters is 2. The molecule has 31 heavy (non-hydrogen) atoms. The number of ether oxygens (including phenoxy) is 2. The molecule has 0 atom stereocenters. The SMILES string of the molecule is COC(=O)C1=C(C)N(c2cc(C)cc(C)c2)C(C)=C(C(=O)OC)C1c1ccc(F)cc1. The number of halogens is 1. The number of anilines is 1. The molecule has 1 aliphatic rings. The van der Waals surface area contributed by atoms with Crippen molar-refractivity contribution in [2.75, 3.05) is 19.1 Å². The van der Waals surface area contributed by atoms with Crippen molar-refractivity contribution in [3.63, 3.8) is 0 Å². The summed E-state index contributed by atoms with van der Waals surface area (Å²) >= 11 is 0. The maximum atomic E-state index is 13.6. The average Bonchev–Trinajstić information content (AvgIpc) is 2.72. The fourth-order valence-corrected chi connectivity index (χ4v) is 4.26. The standard InChI is InChI=1S/C25H26FNO4/c1-14-11-15(2)13-20(12-14)27-16(3)21(24(28)30-5)23(18-7-9-19(26)10-8-18)22(17(27)4)25(29)31-6/h7-13,23H,1-6H3. The van der Waals surface area contributed by atoms with Crippen molar-refractivity contribution >= 4 is 17.6 Å². The number of hydrogen-bond donors (Lipinski definition) is 0. The number of rotatable bonds is 4.